The van der Waals surface area contributed by atoms with Gasteiger partial charge in [-0.2, -0.15) is 0 Å². The number of carbonyl (C=O) groups excluding carboxylic acids is 1. The summed E-state index contributed by atoms with van der Waals surface area (Å²) >= 11 is 12.1. The van der Waals surface area contributed by atoms with E-state index in [4.69, 9.17) is 27.9 Å². The number of rotatable bonds is 7. The monoisotopic (exact) mass is 418 g/mol. The Morgan fingerprint density at radius 3 is 2.46 bits per heavy atom. The van der Waals surface area contributed by atoms with Crippen LogP contribution in [-0.2, 0) is 11.3 Å². The lowest BCUT2D eigenvalue weighted by Gasteiger charge is -2.11. The normalized spacial score (nSPS) is 10.4. The molecule has 0 unspecified atom stereocenters. The summed E-state index contributed by atoms with van der Waals surface area (Å²) in [7, 11) is 0. The van der Waals surface area contributed by atoms with Crippen LogP contribution < -0.4 is 15.4 Å². The van der Waals surface area contributed by atoms with E-state index in [0.717, 1.165) is 11.3 Å². The van der Waals surface area contributed by atoms with E-state index >= 15 is 0 Å². The summed E-state index contributed by atoms with van der Waals surface area (Å²) in [5.41, 5.74) is 1.99. The summed E-state index contributed by atoms with van der Waals surface area (Å²) in [5, 5.41) is 6.77. The highest BCUT2D eigenvalue weighted by molar-refractivity contribution is 6.32. The van der Waals surface area contributed by atoms with Crippen molar-refractivity contribution in [2.45, 2.75) is 6.54 Å². The molecule has 0 saturated heterocycles. The molecule has 3 aromatic carbocycles. The largest absolute Gasteiger partial charge is 0.482 e. The van der Waals surface area contributed by atoms with Gasteiger partial charge in [0.05, 0.1) is 10.7 Å². The van der Waals surface area contributed by atoms with Gasteiger partial charge in [-0.05, 0) is 54.1 Å². The maximum atomic E-state index is 13.5. The van der Waals surface area contributed by atoms with Gasteiger partial charge in [0.2, 0.25) is 0 Å². The molecule has 1 amide bonds. The highest BCUT2D eigenvalue weighted by Crippen LogP contribution is 2.26. The van der Waals surface area contributed by atoms with Crippen molar-refractivity contribution in [3.63, 3.8) is 0 Å². The average Bonchev–Trinajstić information content (AvgIpc) is 2.68. The van der Waals surface area contributed by atoms with Crippen molar-refractivity contribution >= 4 is 40.5 Å². The number of anilines is 2. The fourth-order valence-electron chi connectivity index (χ4n) is 2.44. The van der Waals surface area contributed by atoms with Crippen molar-refractivity contribution in [1.29, 1.82) is 0 Å². The number of ether oxygens (including phenoxy) is 1. The predicted molar refractivity (Wildman–Crippen MR) is 111 cm³/mol. The zero-order valence-corrected chi connectivity index (χ0v) is 16.2. The average molecular weight is 419 g/mol. The lowest BCUT2D eigenvalue weighted by Crippen LogP contribution is -2.20. The maximum absolute atomic E-state index is 13.5. The second kappa shape index (κ2) is 9.44. The Bertz CT molecular complexity index is 965. The Hall–Kier alpha value is -2.76. The molecule has 0 aliphatic heterocycles. The molecule has 144 valence electrons. The van der Waals surface area contributed by atoms with E-state index in [-0.39, 0.29) is 12.3 Å². The summed E-state index contributed by atoms with van der Waals surface area (Å²) in [6.45, 7) is 0.284. The van der Waals surface area contributed by atoms with E-state index in [9.17, 15) is 9.18 Å². The molecule has 0 aliphatic rings. The van der Waals surface area contributed by atoms with Crippen LogP contribution in [0.25, 0.3) is 0 Å². The van der Waals surface area contributed by atoms with E-state index in [0.29, 0.717) is 22.3 Å². The maximum Gasteiger partial charge on any atom is 0.262 e. The molecule has 0 heterocycles. The van der Waals surface area contributed by atoms with Crippen LogP contribution in [0.5, 0.6) is 5.75 Å². The van der Waals surface area contributed by atoms with Crippen LogP contribution in [0.4, 0.5) is 15.8 Å². The Kier molecular flexibility index (Phi) is 6.74. The summed E-state index contributed by atoms with van der Waals surface area (Å²) < 4.78 is 19.0. The number of hydrogen-bond acceptors (Lipinski definition) is 3. The van der Waals surface area contributed by atoms with Gasteiger partial charge in [0.25, 0.3) is 5.91 Å². The van der Waals surface area contributed by atoms with Gasteiger partial charge >= 0.3 is 0 Å². The first-order chi connectivity index (χ1) is 13.5. The third kappa shape index (κ3) is 5.62. The van der Waals surface area contributed by atoms with Crippen molar-refractivity contribution in [3.05, 3.63) is 88.2 Å². The first kappa shape index (κ1) is 20.0. The molecule has 0 atom stereocenters. The fraction of sp³-hybridized carbons (Fsp3) is 0.0952. The number of hydrogen-bond donors (Lipinski definition) is 2. The third-order valence-corrected chi connectivity index (χ3v) is 4.39. The van der Waals surface area contributed by atoms with Crippen LogP contribution in [0, 0.1) is 5.82 Å². The molecule has 3 rings (SSSR count). The lowest BCUT2D eigenvalue weighted by atomic mass is 10.2. The van der Waals surface area contributed by atoms with E-state index in [2.05, 4.69) is 10.6 Å². The highest BCUT2D eigenvalue weighted by Gasteiger charge is 2.09. The second-order valence-corrected chi connectivity index (χ2v) is 6.79. The smallest absolute Gasteiger partial charge is 0.262 e. The Morgan fingerprint density at radius 1 is 1.00 bits per heavy atom. The first-order valence-electron chi connectivity index (χ1n) is 8.46. The van der Waals surface area contributed by atoms with Crippen LogP contribution in [0.15, 0.2) is 66.7 Å². The molecule has 4 nitrogen and oxygen atoms in total. The van der Waals surface area contributed by atoms with Crippen molar-refractivity contribution in [2.75, 3.05) is 17.2 Å². The van der Waals surface area contributed by atoms with Crippen LogP contribution in [0.1, 0.15) is 5.56 Å². The van der Waals surface area contributed by atoms with Gasteiger partial charge in [-0.1, -0.05) is 41.4 Å². The number of amides is 1. The van der Waals surface area contributed by atoms with Crippen LogP contribution in [0.3, 0.4) is 0 Å². The van der Waals surface area contributed by atoms with Gasteiger partial charge in [-0.3, -0.25) is 4.79 Å². The quantitative estimate of drug-likeness (QED) is 0.512. The summed E-state index contributed by atoms with van der Waals surface area (Å²) in [5.74, 6) is -0.610. The minimum Gasteiger partial charge on any atom is -0.482 e. The summed E-state index contributed by atoms with van der Waals surface area (Å²) in [4.78, 5) is 11.9. The second-order valence-electron chi connectivity index (χ2n) is 5.94. The summed E-state index contributed by atoms with van der Waals surface area (Å²) in [6.07, 6.45) is 0. The minimum atomic E-state index is -0.508. The molecule has 2 N–H and O–H groups in total. The number of benzene rings is 3. The molecule has 0 bridgehead atoms. The molecule has 0 fully saturated rings. The van der Waals surface area contributed by atoms with Gasteiger partial charge in [0, 0.05) is 17.3 Å². The van der Waals surface area contributed by atoms with Crippen molar-refractivity contribution < 1.29 is 13.9 Å². The zero-order chi connectivity index (χ0) is 19.9. The van der Waals surface area contributed by atoms with Crippen LogP contribution in [0.2, 0.25) is 10.0 Å². The number of para-hydroxylation sites is 1. The van der Waals surface area contributed by atoms with Crippen LogP contribution in [-0.4, -0.2) is 12.5 Å². The predicted octanol–water partition coefficient (Wildman–Crippen LogP) is 5.76. The molecule has 0 saturated carbocycles. The Labute approximate surface area is 172 Å². The molecule has 0 aromatic heterocycles. The van der Waals surface area contributed by atoms with E-state index in [1.54, 1.807) is 36.4 Å². The van der Waals surface area contributed by atoms with Gasteiger partial charge in [-0.15, -0.1) is 0 Å². The van der Waals surface area contributed by atoms with Crippen molar-refractivity contribution in [1.82, 2.24) is 0 Å². The number of halogens is 3. The molecule has 3 aromatic rings. The van der Waals surface area contributed by atoms with Gasteiger partial charge in [0.15, 0.2) is 6.61 Å². The Balaban J connectivity index is 1.53. The zero-order valence-electron chi connectivity index (χ0n) is 14.7. The molecular weight excluding hydrogens is 402 g/mol. The number of nitrogens with one attached hydrogen (secondary N) is 2. The summed E-state index contributed by atoms with van der Waals surface area (Å²) in [6, 6.07) is 18.6. The van der Waals surface area contributed by atoms with Crippen molar-refractivity contribution in [2.24, 2.45) is 0 Å². The Morgan fingerprint density at radius 2 is 1.75 bits per heavy atom. The number of carbonyl (C=O) groups is 1. The molecule has 0 aliphatic carbocycles. The molecule has 28 heavy (non-hydrogen) atoms. The molecule has 0 radical (unpaired) electrons. The van der Waals surface area contributed by atoms with Gasteiger partial charge in [-0.25, -0.2) is 4.39 Å². The van der Waals surface area contributed by atoms with Crippen molar-refractivity contribution in [3.8, 4) is 5.75 Å². The van der Waals surface area contributed by atoms with Gasteiger partial charge in [0.1, 0.15) is 11.6 Å². The molecule has 0 spiro atoms. The molecular formula is C21H17Cl2FN2O2. The van der Waals surface area contributed by atoms with Gasteiger partial charge < -0.3 is 15.4 Å². The van der Waals surface area contributed by atoms with E-state index < -0.39 is 11.7 Å². The van der Waals surface area contributed by atoms with E-state index in [1.165, 1.54) is 12.1 Å². The van der Waals surface area contributed by atoms with E-state index in [1.807, 2.05) is 18.2 Å². The highest BCUT2D eigenvalue weighted by atomic mass is 35.5. The topological polar surface area (TPSA) is 50.4 Å². The first-order valence-corrected chi connectivity index (χ1v) is 9.22. The van der Waals surface area contributed by atoms with Crippen LogP contribution >= 0.6 is 23.2 Å². The standard InChI is InChI=1S/C21H17Cl2FN2O2/c22-15-6-8-16(9-7-15)25-12-14-5-10-20(17(23)11-14)28-13-21(27)26-19-4-2-1-3-18(19)24/h1-11,25H,12-13H2,(H,26,27). The minimum absolute atomic E-state index is 0.103. The third-order valence-electron chi connectivity index (χ3n) is 3.84. The fourth-order valence-corrected chi connectivity index (χ4v) is 2.82. The SMILES string of the molecule is O=C(COc1ccc(CNc2ccc(Cl)cc2)cc1Cl)Nc1ccccc1F. The lowest BCUT2D eigenvalue weighted by molar-refractivity contribution is -0.118. The molecule has 7 heteroatoms.